The first kappa shape index (κ1) is 14.9. The van der Waals surface area contributed by atoms with Gasteiger partial charge in [0.2, 0.25) is 0 Å². The quantitative estimate of drug-likeness (QED) is 0.773. The fraction of sp³-hybridized carbons (Fsp3) is 0.462. The van der Waals surface area contributed by atoms with E-state index in [-0.39, 0.29) is 18.4 Å². The molecule has 100 valence electrons. The summed E-state index contributed by atoms with van der Waals surface area (Å²) in [5.41, 5.74) is 0.665. The second kappa shape index (κ2) is 6.71. The van der Waals surface area contributed by atoms with Crippen molar-refractivity contribution in [3.63, 3.8) is 0 Å². The van der Waals surface area contributed by atoms with E-state index >= 15 is 0 Å². The first-order chi connectivity index (χ1) is 8.43. The number of hydrogen-bond donors (Lipinski definition) is 0. The zero-order valence-electron chi connectivity index (χ0n) is 10.7. The molecule has 18 heavy (non-hydrogen) atoms. The van der Waals surface area contributed by atoms with Gasteiger partial charge in [0.1, 0.15) is 5.82 Å². The van der Waals surface area contributed by atoms with E-state index in [0.717, 1.165) is 0 Å². The summed E-state index contributed by atoms with van der Waals surface area (Å²) in [6, 6.07) is 4.03. The third-order valence-corrected chi connectivity index (χ3v) is 2.78. The van der Waals surface area contributed by atoms with E-state index in [1.165, 1.54) is 12.1 Å². The van der Waals surface area contributed by atoms with Gasteiger partial charge in [-0.25, -0.2) is 4.39 Å². The highest BCUT2D eigenvalue weighted by Crippen LogP contribution is 2.26. The van der Waals surface area contributed by atoms with Gasteiger partial charge in [-0.2, -0.15) is 0 Å². The van der Waals surface area contributed by atoms with Crippen LogP contribution in [0.15, 0.2) is 18.2 Å². The number of hydrogen-bond acceptors (Lipinski definition) is 3. The van der Waals surface area contributed by atoms with Gasteiger partial charge in [-0.05, 0) is 44.8 Å². The Balaban J connectivity index is 2.93. The lowest BCUT2D eigenvalue weighted by Gasteiger charge is -2.24. The molecule has 1 atom stereocenters. The molecule has 0 heterocycles. The summed E-state index contributed by atoms with van der Waals surface area (Å²) in [4.78, 5) is 13.4. The highest BCUT2D eigenvalue weighted by Gasteiger charge is 2.20. The number of nitrogens with zero attached hydrogens (tertiary/aromatic N) is 1. The number of carbonyl (C=O) groups is 1. The largest absolute Gasteiger partial charge is 0.466 e. The van der Waals surface area contributed by atoms with Gasteiger partial charge >= 0.3 is 5.97 Å². The molecule has 0 aliphatic rings. The second-order valence-corrected chi connectivity index (χ2v) is 4.63. The van der Waals surface area contributed by atoms with E-state index in [4.69, 9.17) is 16.3 Å². The predicted molar refractivity (Wildman–Crippen MR) is 69.1 cm³/mol. The van der Waals surface area contributed by atoms with Crippen molar-refractivity contribution in [1.29, 1.82) is 0 Å². The summed E-state index contributed by atoms with van der Waals surface area (Å²) in [6.45, 7) is 2.09. The molecule has 0 radical (unpaired) electrons. The zero-order chi connectivity index (χ0) is 13.7. The molecule has 0 amide bonds. The van der Waals surface area contributed by atoms with E-state index in [1.54, 1.807) is 13.0 Å². The van der Waals surface area contributed by atoms with Gasteiger partial charge in [-0.15, -0.1) is 0 Å². The molecule has 0 saturated heterocycles. The minimum Gasteiger partial charge on any atom is -0.466 e. The minimum atomic E-state index is -0.409. The van der Waals surface area contributed by atoms with E-state index in [0.29, 0.717) is 17.2 Å². The lowest BCUT2D eigenvalue weighted by Crippen LogP contribution is -2.24. The molecule has 1 aromatic rings. The molecule has 5 heteroatoms. The number of carbonyl (C=O) groups excluding carboxylic acids is 1. The summed E-state index contributed by atoms with van der Waals surface area (Å²) < 4.78 is 18.2. The van der Waals surface area contributed by atoms with Crippen LogP contribution in [0.2, 0.25) is 5.02 Å². The molecule has 0 bridgehead atoms. The van der Waals surface area contributed by atoms with Crippen LogP contribution in [0.4, 0.5) is 4.39 Å². The van der Waals surface area contributed by atoms with Crippen LogP contribution in [0, 0.1) is 5.82 Å². The van der Waals surface area contributed by atoms with E-state index in [9.17, 15) is 9.18 Å². The summed E-state index contributed by atoms with van der Waals surface area (Å²) >= 11 is 5.82. The SMILES string of the molecule is CCOC(=O)CC(c1cc(F)cc(Cl)c1)N(C)C. The molecule has 0 aliphatic carbocycles. The van der Waals surface area contributed by atoms with Crippen molar-refractivity contribution in [3.8, 4) is 0 Å². The van der Waals surface area contributed by atoms with Crippen molar-refractivity contribution in [2.75, 3.05) is 20.7 Å². The number of rotatable bonds is 5. The van der Waals surface area contributed by atoms with Crippen LogP contribution in [0.1, 0.15) is 24.9 Å². The van der Waals surface area contributed by atoms with Gasteiger partial charge in [0.25, 0.3) is 0 Å². The smallest absolute Gasteiger partial charge is 0.307 e. The Labute approximate surface area is 111 Å². The molecule has 0 saturated carbocycles. The van der Waals surface area contributed by atoms with Gasteiger partial charge in [-0.3, -0.25) is 4.79 Å². The molecule has 0 fully saturated rings. The van der Waals surface area contributed by atoms with Crippen LogP contribution in [0.25, 0.3) is 0 Å². The molecule has 1 rings (SSSR count). The van der Waals surface area contributed by atoms with Crippen LogP contribution in [-0.4, -0.2) is 31.6 Å². The number of ether oxygens (including phenoxy) is 1. The molecule has 0 spiro atoms. The Morgan fingerprint density at radius 1 is 1.44 bits per heavy atom. The molecule has 0 aliphatic heterocycles. The van der Waals surface area contributed by atoms with Crippen molar-refractivity contribution < 1.29 is 13.9 Å². The molecule has 3 nitrogen and oxygen atoms in total. The monoisotopic (exact) mass is 273 g/mol. The van der Waals surface area contributed by atoms with E-state index < -0.39 is 5.82 Å². The van der Waals surface area contributed by atoms with Crippen molar-refractivity contribution in [3.05, 3.63) is 34.6 Å². The lowest BCUT2D eigenvalue weighted by molar-refractivity contribution is -0.144. The van der Waals surface area contributed by atoms with Crippen molar-refractivity contribution in [1.82, 2.24) is 4.90 Å². The van der Waals surface area contributed by atoms with E-state index in [2.05, 4.69) is 0 Å². The van der Waals surface area contributed by atoms with Gasteiger partial charge in [0.15, 0.2) is 0 Å². The third kappa shape index (κ3) is 4.27. The average molecular weight is 274 g/mol. The molecule has 1 aromatic carbocycles. The summed E-state index contributed by atoms with van der Waals surface area (Å²) in [7, 11) is 3.64. The molecule has 0 N–H and O–H groups in total. The average Bonchev–Trinajstić information content (AvgIpc) is 2.24. The Bertz CT molecular complexity index is 403. The first-order valence-electron chi connectivity index (χ1n) is 5.72. The first-order valence-corrected chi connectivity index (χ1v) is 6.10. The number of halogens is 2. The van der Waals surface area contributed by atoms with Crippen LogP contribution < -0.4 is 0 Å². The van der Waals surface area contributed by atoms with Gasteiger partial charge < -0.3 is 9.64 Å². The van der Waals surface area contributed by atoms with Gasteiger partial charge in [0, 0.05) is 11.1 Å². The topological polar surface area (TPSA) is 29.5 Å². The maximum atomic E-state index is 13.3. The summed E-state index contributed by atoms with van der Waals surface area (Å²) in [6.07, 6.45) is 0.167. The van der Waals surface area contributed by atoms with Crippen LogP contribution >= 0.6 is 11.6 Å². The third-order valence-electron chi connectivity index (χ3n) is 2.56. The predicted octanol–water partition coefficient (Wildman–Crippen LogP) is 3.04. The molecule has 0 aromatic heterocycles. The normalized spacial score (nSPS) is 12.6. The summed E-state index contributed by atoms with van der Waals surface area (Å²) in [5.74, 6) is -0.718. The lowest BCUT2D eigenvalue weighted by atomic mass is 10.0. The highest BCUT2D eigenvalue weighted by atomic mass is 35.5. The Kier molecular flexibility index (Phi) is 5.56. The standard InChI is InChI=1S/C13H17ClFNO2/c1-4-18-13(17)8-12(16(2)3)9-5-10(14)7-11(15)6-9/h5-7,12H,4,8H2,1-3H3. The fourth-order valence-corrected chi connectivity index (χ4v) is 1.97. The van der Waals surface area contributed by atoms with Crippen molar-refractivity contribution in [2.45, 2.75) is 19.4 Å². The van der Waals surface area contributed by atoms with Crippen LogP contribution in [0.5, 0.6) is 0 Å². The maximum absolute atomic E-state index is 13.3. The zero-order valence-corrected chi connectivity index (χ0v) is 11.5. The maximum Gasteiger partial charge on any atom is 0.307 e. The molecular formula is C13H17ClFNO2. The minimum absolute atomic E-state index is 0.167. The van der Waals surface area contributed by atoms with Crippen molar-refractivity contribution in [2.24, 2.45) is 0 Å². The Morgan fingerprint density at radius 2 is 2.11 bits per heavy atom. The molecule has 1 unspecified atom stereocenters. The highest BCUT2D eigenvalue weighted by molar-refractivity contribution is 6.30. The van der Waals surface area contributed by atoms with Crippen LogP contribution in [-0.2, 0) is 9.53 Å². The second-order valence-electron chi connectivity index (χ2n) is 4.19. The summed E-state index contributed by atoms with van der Waals surface area (Å²) in [5, 5.41) is 0.320. The molecular weight excluding hydrogens is 257 g/mol. The van der Waals surface area contributed by atoms with Gasteiger partial charge in [-0.1, -0.05) is 11.6 Å². The Morgan fingerprint density at radius 3 is 2.61 bits per heavy atom. The number of esters is 1. The van der Waals surface area contributed by atoms with E-state index in [1.807, 2.05) is 19.0 Å². The van der Waals surface area contributed by atoms with Crippen molar-refractivity contribution >= 4 is 17.6 Å². The Hall–Kier alpha value is -1.13. The number of benzene rings is 1. The fourth-order valence-electron chi connectivity index (χ4n) is 1.74. The van der Waals surface area contributed by atoms with Crippen LogP contribution in [0.3, 0.4) is 0 Å². The van der Waals surface area contributed by atoms with Gasteiger partial charge in [0.05, 0.1) is 13.0 Å².